The Bertz CT molecular complexity index is 697. The van der Waals surface area contributed by atoms with Crippen molar-refractivity contribution in [3.63, 3.8) is 0 Å². The van der Waals surface area contributed by atoms with Crippen molar-refractivity contribution in [2.24, 2.45) is 0 Å². The Morgan fingerprint density at radius 3 is 2.81 bits per heavy atom. The van der Waals surface area contributed by atoms with E-state index in [9.17, 15) is 9.59 Å². The van der Waals surface area contributed by atoms with Crippen LogP contribution in [0.5, 0.6) is 0 Å². The molecule has 1 aromatic heterocycles. The SMILES string of the molecule is CCc1cc(=O)n(CCNC(=O)c2ccccc2I)cn1. The molecule has 0 saturated carbocycles. The Balaban J connectivity index is 1.94. The first-order valence-corrected chi connectivity index (χ1v) is 7.77. The van der Waals surface area contributed by atoms with Crippen LogP contribution in [0, 0.1) is 3.57 Å². The summed E-state index contributed by atoms with van der Waals surface area (Å²) in [5.74, 6) is -0.133. The molecule has 0 aliphatic rings. The molecule has 6 heteroatoms. The number of rotatable bonds is 5. The molecule has 0 spiro atoms. The zero-order chi connectivity index (χ0) is 15.2. The van der Waals surface area contributed by atoms with Gasteiger partial charge in [-0.3, -0.25) is 14.2 Å². The number of aryl methyl sites for hydroxylation is 1. The second-order valence-corrected chi connectivity index (χ2v) is 5.66. The minimum Gasteiger partial charge on any atom is -0.350 e. The molecule has 110 valence electrons. The molecular formula is C15H16IN3O2. The van der Waals surface area contributed by atoms with Gasteiger partial charge in [0.1, 0.15) is 0 Å². The first-order valence-electron chi connectivity index (χ1n) is 6.70. The third kappa shape index (κ3) is 4.13. The Kier molecular flexibility index (Phi) is 5.49. The maximum absolute atomic E-state index is 12.0. The Morgan fingerprint density at radius 2 is 2.14 bits per heavy atom. The maximum Gasteiger partial charge on any atom is 0.253 e. The van der Waals surface area contributed by atoms with Gasteiger partial charge in [0.15, 0.2) is 0 Å². The summed E-state index contributed by atoms with van der Waals surface area (Å²) in [6, 6.07) is 8.91. The van der Waals surface area contributed by atoms with Gasteiger partial charge in [0, 0.05) is 28.4 Å². The quantitative estimate of drug-likeness (QED) is 0.784. The molecule has 1 heterocycles. The van der Waals surface area contributed by atoms with Gasteiger partial charge in [-0.15, -0.1) is 0 Å². The maximum atomic E-state index is 12.0. The van der Waals surface area contributed by atoms with Gasteiger partial charge in [0.2, 0.25) is 0 Å². The number of nitrogens with zero attached hydrogens (tertiary/aromatic N) is 2. The first kappa shape index (κ1) is 15.7. The highest BCUT2D eigenvalue weighted by atomic mass is 127. The smallest absolute Gasteiger partial charge is 0.253 e. The van der Waals surface area contributed by atoms with Gasteiger partial charge in [-0.2, -0.15) is 0 Å². The molecule has 0 aliphatic carbocycles. The van der Waals surface area contributed by atoms with E-state index in [1.807, 2.05) is 25.1 Å². The number of nitrogens with one attached hydrogen (secondary N) is 1. The van der Waals surface area contributed by atoms with Gasteiger partial charge in [0.25, 0.3) is 11.5 Å². The number of carbonyl (C=O) groups is 1. The fraction of sp³-hybridized carbons (Fsp3) is 0.267. The molecule has 2 aromatic rings. The van der Waals surface area contributed by atoms with Crippen LogP contribution >= 0.6 is 22.6 Å². The van der Waals surface area contributed by atoms with Gasteiger partial charge < -0.3 is 5.32 Å². The van der Waals surface area contributed by atoms with Crippen molar-refractivity contribution < 1.29 is 4.79 Å². The van der Waals surface area contributed by atoms with Crippen molar-refractivity contribution in [3.05, 3.63) is 61.8 Å². The lowest BCUT2D eigenvalue weighted by molar-refractivity contribution is 0.0951. The van der Waals surface area contributed by atoms with Crippen LogP contribution in [0.4, 0.5) is 0 Å². The van der Waals surface area contributed by atoms with Gasteiger partial charge in [0.05, 0.1) is 11.9 Å². The predicted molar refractivity (Wildman–Crippen MR) is 89.4 cm³/mol. The highest BCUT2D eigenvalue weighted by Gasteiger charge is 2.08. The molecule has 2 rings (SSSR count). The minimum absolute atomic E-state index is 0.0922. The lowest BCUT2D eigenvalue weighted by Gasteiger charge is -2.08. The molecule has 5 nitrogen and oxygen atoms in total. The second kappa shape index (κ2) is 7.35. The monoisotopic (exact) mass is 397 g/mol. The molecule has 1 N–H and O–H groups in total. The van der Waals surface area contributed by atoms with E-state index in [2.05, 4.69) is 32.9 Å². The molecule has 0 atom stereocenters. The highest BCUT2D eigenvalue weighted by molar-refractivity contribution is 14.1. The summed E-state index contributed by atoms with van der Waals surface area (Å²) in [6.45, 7) is 2.75. The fourth-order valence-electron chi connectivity index (χ4n) is 1.86. The van der Waals surface area contributed by atoms with Crippen LogP contribution in [0.15, 0.2) is 41.5 Å². The first-order chi connectivity index (χ1) is 10.1. The van der Waals surface area contributed by atoms with E-state index in [0.717, 1.165) is 15.7 Å². The Labute approximate surface area is 136 Å². The third-order valence-electron chi connectivity index (χ3n) is 3.06. The summed E-state index contributed by atoms with van der Waals surface area (Å²) in [7, 11) is 0. The van der Waals surface area contributed by atoms with Gasteiger partial charge in [-0.25, -0.2) is 4.98 Å². The van der Waals surface area contributed by atoms with E-state index in [0.29, 0.717) is 18.7 Å². The molecule has 0 bridgehead atoms. The molecule has 0 radical (unpaired) electrons. The summed E-state index contributed by atoms with van der Waals surface area (Å²) in [4.78, 5) is 28.0. The zero-order valence-electron chi connectivity index (χ0n) is 11.7. The molecule has 0 unspecified atom stereocenters. The lowest BCUT2D eigenvalue weighted by atomic mass is 10.2. The topological polar surface area (TPSA) is 64.0 Å². The minimum atomic E-state index is -0.133. The van der Waals surface area contributed by atoms with E-state index in [1.54, 1.807) is 6.07 Å². The number of carbonyl (C=O) groups excluding carboxylic acids is 1. The molecule has 1 aromatic carbocycles. The number of hydrogen-bond donors (Lipinski definition) is 1. The van der Waals surface area contributed by atoms with Gasteiger partial charge >= 0.3 is 0 Å². The average Bonchev–Trinajstić information content (AvgIpc) is 2.49. The molecule has 1 amide bonds. The average molecular weight is 397 g/mol. The summed E-state index contributed by atoms with van der Waals surface area (Å²) in [5.41, 5.74) is 1.33. The third-order valence-corrected chi connectivity index (χ3v) is 4.00. The van der Waals surface area contributed by atoms with Crippen molar-refractivity contribution in [1.82, 2.24) is 14.9 Å². The van der Waals surface area contributed by atoms with Crippen LogP contribution < -0.4 is 10.9 Å². The molecule has 0 aliphatic heterocycles. The van der Waals surface area contributed by atoms with E-state index in [1.165, 1.54) is 17.0 Å². The molecular weight excluding hydrogens is 381 g/mol. The largest absolute Gasteiger partial charge is 0.350 e. The molecule has 0 saturated heterocycles. The molecule has 0 fully saturated rings. The second-order valence-electron chi connectivity index (χ2n) is 4.50. The van der Waals surface area contributed by atoms with Crippen LogP contribution in [0.25, 0.3) is 0 Å². The van der Waals surface area contributed by atoms with Crippen LogP contribution in [-0.4, -0.2) is 22.0 Å². The Morgan fingerprint density at radius 1 is 1.38 bits per heavy atom. The Hall–Kier alpha value is -1.70. The summed E-state index contributed by atoms with van der Waals surface area (Å²) in [6.07, 6.45) is 2.26. The number of benzene rings is 1. The number of hydrogen-bond acceptors (Lipinski definition) is 3. The van der Waals surface area contributed by atoms with E-state index >= 15 is 0 Å². The van der Waals surface area contributed by atoms with Crippen LogP contribution in [0.3, 0.4) is 0 Å². The van der Waals surface area contributed by atoms with Crippen molar-refractivity contribution in [1.29, 1.82) is 0 Å². The molecule has 21 heavy (non-hydrogen) atoms. The van der Waals surface area contributed by atoms with E-state index in [-0.39, 0.29) is 11.5 Å². The van der Waals surface area contributed by atoms with Gasteiger partial charge in [-0.1, -0.05) is 19.1 Å². The summed E-state index contributed by atoms with van der Waals surface area (Å²) >= 11 is 2.13. The van der Waals surface area contributed by atoms with Crippen molar-refractivity contribution in [2.75, 3.05) is 6.54 Å². The number of aromatic nitrogens is 2. The number of amides is 1. The zero-order valence-corrected chi connectivity index (χ0v) is 13.8. The van der Waals surface area contributed by atoms with E-state index < -0.39 is 0 Å². The normalized spacial score (nSPS) is 10.4. The number of halogens is 1. The lowest BCUT2D eigenvalue weighted by Crippen LogP contribution is -2.31. The van der Waals surface area contributed by atoms with Crippen LogP contribution in [0.2, 0.25) is 0 Å². The highest BCUT2D eigenvalue weighted by Crippen LogP contribution is 2.10. The van der Waals surface area contributed by atoms with Gasteiger partial charge in [-0.05, 0) is 41.1 Å². The van der Waals surface area contributed by atoms with Crippen molar-refractivity contribution >= 4 is 28.5 Å². The summed E-state index contributed by atoms with van der Waals surface area (Å²) in [5, 5.41) is 2.81. The van der Waals surface area contributed by atoms with Crippen LogP contribution in [0.1, 0.15) is 23.0 Å². The van der Waals surface area contributed by atoms with Crippen LogP contribution in [-0.2, 0) is 13.0 Å². The fourth-order valence-corrected chi connectivity index (χ4v) is 2.49. The summed E-state index contributed by atoms with van der Waals surface area (Å²) < 4.78 is 2.40. The standard InChI is InChI=1S/C15H16IN3O2/c1-2-11-9-14(20)19(10-18-11)8-7-17-15(21)12-5-3-4-6-13(12)16/h3-6,9-10H,2,7-8H2,1H3,(H,17,21). The van der Waals surface area contributed by atoms with E-state index in [4.69, 9.17) is 0 Å². The van der Waals surface area contributed by atoms with Crippen molar-refractivity contribution in [3.8, 4) is 0 Å². The predicted octanol–water partition coefficient (Wildman–Crippen LogP) is 1.84. The van der Waals surface area contributed by atoms with Crippen molar-refractivity contribution in [2.45, 2.75) is 19.9 Å².